The van der Waals surface area contributed by atoms with Gasteiger partial charge in [0.15, 0.2) is 0 Å². The van der Waals surface area contributed by atoms with Crippen LogP contribution in [0.2, 0.25) is 24.2 Å². The minimum absolute atomic E-state index is 0.106. The summed E-state index contributed by atoms with van der Waals surface area (Å²) in [5.41, 5.74) is 17.3. The predicted molar refractivity (Wildman–Crippen MR) is 256 cm³/mol. The van der Waals surface area contributed by atoms with Gasteiger partial charge in [0.1, 0.15) is 0 Å². The van der Waals surface area contributed by atoms with Crippen molar-refractivity contribution in [1.82, 2.24) is 0 Å². The van der Waals surface area contributed by atoms with Crippen molar-refractivity contribution >= 4 is 19.2 Å². The van der Waals surface area contributed by atoms with Crippen LogP contribution >= 0.6 is 0 Å². The van der Waals surface area contributed by atoms with Gasteiger partial charge >= 0.3 is 0 Å². The van der Waals surface area contributed by atoms with Crippen LogP contribution in [-0.4, -0.2) is 8.07 Å². The highest BCUT2D eigenvalue weighted by atomic mass is 28.3. The Balaban J connectivity index is 1.44. The van der Waals surface area contributed by atoms with E-state index in [9.17, 15) is 0 Å². The van der Waals surface area contributed by atoms with E-state index < -0.39 is 8.07 Å². The zero-order chi connectivity index (χ0) is 42.5. The molecule has 2 aromatic carbocycles. The molecule has 8 unspecified atom stereocenters. The van der Waals surface area contributed by atoms with Crippen LogP contribution in [0.15, 0.2) is 71.8 Å². The molecule has 4 aliphatic carbocycles. The standard InChI is InChI=1S/C56H84Si/c1-33(2)37-27-45(39-23-41(53(7,8)9)31-42(24-39)54(10,11)12)47-21-35(5)51(49(47)29-37)57(19,20)52-36(6)22-48-46(28-38(34(3)4)30-50(48)52)40-25-43(55(13,14)15)32-44(26-40)56(16,17)18/h23-36,47-52H,21-22H2,1-20H3. The highest BCUT2D eigenvalue weighted by Crippen LogP contribution is 2.66. The first-order valence-electron chi connectivity index (χ1n) is 23.2. The second-order valence-electron chi connectivity index (χ2n) is 25.1. The number of hydrogen-bond donors (Lipinski definition) is 0. The Hall–Kier alpha value is -2.38. The number of rotatable bonds is 6. The maximum absolute atomic E-state index is 2.86. The van der Waals surface area contributed by atoms with Gasteiger partial charge in [0.05, 0.1) is 8.07 Å². The van der Waals surface area contributed by atoms with Gasteiger partial charge in [0.2, 0.25) is 0 Å². The van der Waals surface area contributed by atoms with Crippen LogP contribution in [0.4, 0.5) is 0 Å². The lowest BCUT2D eigenvalue weighted by Gasteiger charge is -2.46. The molecule has 0 aromatic heterocycles. The number of allylic oxidation sites excluding steroid dienone is 8. The van der Waals surface area contributed by atoms with Crippen LogP contribution in [0.5, 0.6) is 0 Å². The molecule has 4 aliphatic rings. The minimum atomic E-state index is -1.88. The fraction of sp³-hybridized carbons (Fsp3) is 0.643. The summed E-state index contributed by atoms with van der Waals surface area (Å²) >= 11 is 0. The molecule has 312 valence electrons. The Bertz CT molecular complexity index is 1750. The van der Waals surface area contributed by atoms with Crippen LogP contribution in [0.1, 0.15) is 171 Å². The molecule has 0 N–H and O–H groups in total. The molecule has 6 rings (SSSR count). The first-order valence-corrected chi connectivity index (χ1v) is 26.3. The number of fused-ring (bicyclic) bond motifs is 2. The van der Waals surface area contributed by atoms with E-state index in [4.69, 9.17) is 0 Å². The van der Waals surface area contributed by atoms with Gasteiger partial charge in [-0.3, -0.25) is 0 Å². The number of hydrogen-bond acceptors (Lipinski definition) is 0. The van der Waals surface area contributed by atoms with E-state index in [0.29, 0.717) is 35.5 Å². The van der Waals surface area contributed by atoms with Crippen molar-refractivity contribution < 1.29 is 0 Å². The van der Waals surface area contributed by atoms with Crippen molar-refractivity contribution in [3.63, 3.8) is 0 Å². The van der Waals surface area contributed by atoms with E-state index >= 15 is 0 Å². The molecule has 0 heterocycles. The van der Waals surface area contributed by atoms with Gasteiger partial charge in [-0.1, -0.05) is 198 Å². The maximum atomic E-state index is 2.86. The first kappa shape index (κ1) is 44.2. The van der Waals surface area contributed by atoms with E-state index in [-0.39, 0.29) is 21.7 Å². The highest BCUT2D eigenvalue weighted by molar-refractivity contribution is 6.80. The topological polar surface area (TPSA) is 0 Å². The average molecular weight is 785 g/mol. The molecular formula is C56H84Si. The lowest BCUT2D eigenvalue weighted by Crippen LogP contribution is -2.46. The molecule has 1 heteroatoms. The predicted octanol–water partition coefficient (Wildman–Crippen LogP) is 16.5. The second kappa shape index (κ2) is 15.0. The number of benzene rings is 2. The highest BCUT2D eigenvalue weighted by Gasteiger charge is 2.58. The second-order valence-corrected chi connectivity index (χ2v) is 30.1. The Kier molecular flexibility index (Phi) is 11.6. The zero-order valence-corrected chi connectivity index (χ0v) is 41.5. The summed E-state index contributed by atoms with van der Waals surface area (Å²) < 4.78 is 0. The lowest BCUT2D eigenvalue weighted by molar-refractivity contribution is 0.489. The van der Waals surface area contributed by atoms with Crippen LogP contribution in [0.25, 0.3) is 11.1 Å². The Morgan fingerprint density at radius 1 is 0.474 bits per heavy atom. The van der Waals surface area contributed by atoms with Crippen LogP contribution < -0.4 is 0 Å². The summed E-state index contributed by atoms with van der Waals surface area (Å²) in [6.07, 6.45) is 13.6. The van der Waals surface area contributed by atoms with Crippen LogP contribution in [-0.2, 0) is 21.7 Å². The first-order chi connectivity index (χ1) is 26.0. The van der Waals surface area contributed by atoms with Gasteiger partial charge < -0.3 is 0 Å². The molecule has 0 nitrogen and oxygen atoms in total. The van der Waals surface area contributed by atoms with E-state index in [1.165, 1.54) is 46.2 Å². The molecule has 0 spiro atoms. The van der Waals surface area contributed by atoms with Crippen LogP contribution in [0.3, 0.4) is 0 Å². The molecule has 57 heavy (non-hydrogen) atoms. The van der Waals surface area contributed by atoms with Gasteiger partial charge in [-0.15, -0.1) is 0 Å². The summed E-state index contributed by atoms with van der Waals surface area (Å²) in [5, 5.41) is 0. The summed E-state index contributed by atoms with van der Waals surface area (Å²) in [4.78, 5) is 0. The molecule has 0 aliphatic heterocycles. The monoisotopic (exact) mass is 785 g/mol. The third kappa shape index (κ3) is 8.50. The molecule has 0 radical (unpaired) electrons. The Morgan fingerprint density at radius 3 is 1.00 bits per heavy atom. The van der Waals surface area contributed by atoms with Gasteiger partial charge in [-0.05, 0) is 149 Å². The van der Waals surface area contributed by atoms with Crippen molar-refractivity contribution in [3.05, 3.63) is 105 Å². The molecule has 0 amide bonds. The molecule has 2 aromatic rings. The van der Waals surface area contributed by atoms with E-state index in [2.05, 4.69) is 198 Å². The summed E-state index contributed by atoms with van der Waals surface area (Å²) in [6.45, 7) is 49.5. The lowest BCUT2D eigenvalue weighted by atomic mass is 9.73. The van der Waals surface area contributed by atoms with Gasteiger partial charge in [-0.2, -0.15) is 0 Å². The van der Waals surface area contributed by atoms with Gasteiger partial charge in [0, 0.05) is 0 Å². The Morgan fingerprint density at radius 2 is 0.754 bits per heavy atom. The molecule has 8 atom stereocenters. The van der Waals surface area contributed by atoms with Crippen LogP contribution in [0, 0.1) is 47.3 Å². The summed E-state index contributed by atoms with van der Waals surface area (Å²) in [5.74, 6) is 4.90. The largest absolute Gasteiger partial charge is 0.0773 e. The zero-order valence-electron chi connectivity index (χ0n) is 40.5. The normalized spacial score (nSPS) is 28.6. The van der Waals surface area contributed by atoms with E-state index in [1.807, 2.05) is 0 Å². The van der Waals surface area contributed by atoms with Crippen molar-refractivity contribution in [2.24, 2.45) is 47.3 Å². The molecule has 2 saturated carbocycles. The smallest absolute Gasteiger partial charge is 0.0553 e. The van der Waals surface area contributed by atoms with Gasteiger partial charge in [-0.25, -0.2) is 0 Å². The van der Waals surface area contributed by atoms with Crippen molar-refractivity contribution in [2.75, 3.05) is 0 Å². The summed E-state index contributed by atoms with van der Waals surface area (Å²) in [7, 11) is -1.88. The quantitative estimate of drug-likeness (QED) is 0.256. The fourth-order valence-corrected chi connectivity index (χ4v) is 18.5. The maximum Gasteiger partial charge on any atom is 0.0553 e. The minimum Gasteiger partial charge on any atom is -0.0773 e. The fourth-order valence-electron chi connectivity index (χ4n) is 12.2. The van der Waals surface area contributed by atoms with E-state index in [0.717, 1.165) is 22.9 Å². The molecular weight excluding hydrogens is 701 g/mol. The third-order valence-corrected chi connectivity index (χ3v) is 20.8. The molecule has 2 fully saturated rings. The van der Waals surface area contributed by atoms with Crippen molar-refractivity contribution in [1.29, 1.82) is 0 Å². The SMILES string of the molecule is CC(C)C1=CC2C(CC(C)C2[Si](C)(C)C2C(C)CC3C(c4cc(C(C)(C)C)cc(C(C)(C)C)c4)=CC(C(C)C)=CC32)C(c2cc(C(C)(C)C)cc(C(C)(C)C)c2)=C1. The van der Waals surface area contributed by atoms with Crippen molar-refractivity contribution in [3.8, 4) is 0 Å². The third-order valence-electron chi connectivity index (χ3n) is 15.5. The van der Waals surface area contributed by atoms with Crippen molar-refractivity contribution in [2.45, 2.75) is 183 Å². The van der Waals surface area contributed by atoms with E-state index in [1.54, 1.807) is 22.3 Å². The molecule has 0 bridgehead atoms. The average Bonchev–Trinajstić information content (AvgIpc) is 3.61. The molecule has 0 saturated heterocycles. The van der Waals surface area contributed by atoms with Gasteiger partial charge in [0.25, 0.3) is 0 Å². The summed E-state index contributed by atoms with van der Waals surface area (Å²) in [6, 6.07) is 15.3. The Labute approximate surface area is 353 Å².